The van der Waals surface area contributed by atoms with Crippen LogP contribution in [0.5, 0.6) is 5.75 Å². The monoisotopic (exact) mass is 294 g/mol. The van der Waals surface area contributed by atoms with Gasteiger partial charge >= 0.3 is 0 Å². The number of aromatic nitrogens is 2. The Bertz CT molecular complexity index is 883. The first-order valence-corrected chi connectivity index (χ1v) is 6.76. The second kappa shape index (κ2) is 5.81. The Balaban J connectivity index is 2.16. The number of hydrogen-bond donors (Lipinski definition) is 0. The highest BCUT2D eigenvalue weighted by atomic mass is 16.5. The van der Waals surface area contributed by atoms with Crippen LogP contribution in [0.25, 0.3) is 22.4 Å². The highest BCUT2D eigenvalue weighted by Gasteiger charge is 2.12. The zero-order valence-electron chi connectivity index (χ0n) is 12.1. The molecule has 0 N–H and O–H groups in total. The summed E-state index contributed by atoms with van der Waals surface area (Å²) in [5, 5.41) is 0.451. The van der Waals surface area contributed by atoms with Gasteiger partial charge in [0.1, 0.15) is 5.75 Å². The fourth-order valence-corrected chi connectivity index (χ4v) is 2.24. The number of pyridine rings is 1. The quantitative estimate of drug-likeness (QED) is 0.692. The van der Waals surface area contributed by atoms with Crippen LogP contribution in [0.15, 0.2) is 58.5 Å². The van der Waals surface area contributed by atoms with E-state index in [1.807, 2.05) is 0 Å². The van der Waals surface area contributed by atoms with E-state index >= 15 is 0 Å². The van der Waals surface area contributed by atoms with E-state index in [4.69, 9.17) is 9.15 Å². The molecule has 0 spiro atoms. The van der Waals surface area contributed by atoms with Crippen molar-refractivity contribution in [3.8, 4) is 17.2 Å². The highest BCUT2D eigenvalue weighted by Crippen LogP contribution is 2.23. The average Bonchev–Trinajstić information content (AvgIpc) is 2.55. The Morgan fingerprint density at radius 3 is 2.73 bits per heavy atom. The van der Waals surface area contributed by atoms with Gasteiger partial charge in [0, 0.05) is 11.8 Å². The third-order valence-corrected chi connectivity index (χ3v) is 3.31. The summed E-state index contributed by atoms with van der Waals surface area (Å²) < 4.78 is 10.8. The van der Waals surface area contributed by atoms with Crippen molar-refractivity contribution in [3.63, 3.8) is 0 Å². The van der Waals surface area contributed by atoms with E-state index in [1.165, 1.54) is 6.20 Å². The highest BCUT2D eigenvalue weighted by molar-refractivity contribution is 5.79. The minimum Gasteiger partial charge on any atom is -0.497 e. The van der Waals surface area contributed by atoms with Gasteiger partial charge in [0.15, 0.2) is 5.58 Å². The molecular formula is C17H14N2O3. The van der Waals surface area contributed by atoms with Gasteiger partial charge in [-0.2, -0.15) is 4.98 Å². The fraction of sp³-hybridized carbons (Fsp3) is 0.118. The summed E-state index contributed by atoms with van der Waals surface area (Å²) in [7, 11) is 1.59. The van der Waals surface area contributed by atoms with Crippen LogP contribution in [0.2, 0.25) is 0 Å². The SMILES string of the molecule is C=CCc1cncc2oc(-c3ccc(OC)cc3)nc(=O)c12. The number of benzene rings is 1. The van der Waals surface area contributed by atoms with Crippen LogP contribution in [0.4, 0.5) is 0 Å². The van der Waals surface area contributed by atoms with Gasteiger partial charge < -0.3 is 9.15 Å². The van der Waals surface area contributed by atoms with E-state index in [0.29, 0.717) is 23.0 Å². The smallest absolute Gasteiger partial charge is 0.284 e. The van der Waals surface area contributed by atoms with Gasteiger partial charge in [-0.3, -0.25) is 9.78 Å². The molecular weight excluding hydrogens is 280 g/mol. The molecule has 22 heavy (non-hydrogen) atoms. The van der Waals surface area contributed by atoms with E-state index < -0.39 is 0 Å². The summed E-state index contributed by atoms with van der Waals surface area (Å²) in [6.07, 6.45) is 5.42. The van der Waals surface area contributed by atoms with Gasteiger partial charge in [-0.05, 0) is 36.2 Å². The van der Waals surface area contributed by atoms with Gasteiger partial charge in [-0.15, -0.1) is 6.58 Å². The molecule has 0 unspecified atom stereocenters. The van der Waals surface area contributed by atoms with Crippen LogP contribution in [-0.4, -0.2) is 17.1 Å². The first-order chi connectivity index (χ1) is 10.7. The van der Waals surface area contributed by atoms with Gasteiger partial charge in [0.2, 0.25) is 5.89 Å². The number of allylic oxidation sites excluding steroid dienone is 1. The molecule has 5 heteroatoms. The van der Waals surface area contributed by atoms with Crippen molar-refractivity contribution in [2.75, 3.05) is 7.11 Å². The normalized spacial score (nSPS) is 10.6. The lowest BCUT2D eigenvalue weighted by Gasteiger charge is -2.05. The second-order valence-corrected chi connectivity index (χ2v) is 4.72. The van der Waals surface area contributed by atoms with Crippen LogP contribution in [0.1, 0.15) is 5.56 Å². The van der Waals surface area contributed by atoms with Crippen molar-refractivity contribution >= 4 is 11.0 Å². The molecule has 110 valence electrons. The lowest BCUT2D eigenvalue weighted by molar-refractivity contribution is 0.415. The predicted octanol–water partition coefficient (Wildman–Crippen LogP) is 2.99. The van der Waals surface area contributed by atoms with Crippen molar-refractivity contribution in [3.05, 3.63) is 65.2 Å². The van der Waals surface area contributed by atoms with E-state index in [1.54, 1.807) is 43.6 Å². The van der Waals surface area contributed by atoms with Gasteiger partial charge in [-0.25, -0.2) is 0 Å². The fourth-order valence-electron chi connectivity index (χ4n) is 2.24. The predicted molar refractivity (Wildman–Crippen MR) is 84.0 cm³/mol. The van der Waals surface area contributed by atoms with Crippen molar-refractivity contribution in [1.82, 2.24) is 9.97 Å². The molecule has 0 radical (unpaired) electrons. The van der Waals surface area contributed by atoms with Crippen molar-refractivity contribution in [2.24, 2.45) is 0 Å². The summed E-state index contributed by atoms with van der Waals surface area (Å²) >= 11 is 0. The molecule has 5 nitrogen and oxygen atoms in total. The van der Waals surface area contributed by atoms with Crippen molar-refractivity contribution in [1.29, 1.82) is 0 Å². The molecule has 2 aromatic heterocycles. The maximum absolute atomic E-state index is 12.3. The van der Waals surface area contributed by atoms with Crippen LogP contribution in [-0.2, 0) is 6.42 Å². The third-order valence-electron chi connectivity index (χ3n) is 3.31. The Morgan fingerprint density at radius 1 is 1.27 bits per heavy atom. The number of rotatable bonds is 4. The largest absolute Gasteiger partial charge is 0.497 e. The van der Waals surface area contributed by atoms with Crippen LogP contribution < -0.4 is 10.3 Å². The van der Waals surface area contributed by atoms with Gasteiger partial charge in [-0.1, -0.05) is 6.08 Å². The molecule has 0 atom stereocenters. The molecule has 2 heterocycles. The Hall–Kier alpha value is -2.95. The van der Waals surface area contributed by atoms with Crippen LogP contribution in [0.3, 0.4) is 0 Å². The van der Waals surface area contributed by atoms with E-state index in [2.05, 4.69) is 16.5 Å². The van der Waals surface area contributed by atoms with E-state index in [0.717, 1.165) is 11.3 Å². The molecule has 0 saturated heterocycles. The minimum absolute atomic E-state index is 0.262. The number of nitrogens with zero attached hydrogens (tertiary/aromatic N) is 2. The second-order valence-electron chi connectivity index (χ2n) is 4.72. The Morgan fingerprint density at radius 2 is 2.05 bits per heavy atom. The zero-order valence-corrected chi connectivity index (χ0v) is 12.1. The third kappa shape index (κ3) is 2.48. The van der Waals surface area contributed by atoms with Crippen LogP contribution in [0, 0.1) is 0 Å². The molecule has 3 aromatic rings. The number of ether oxygens (including phenoxy) is 1. The molecule has 0 saturated carbocycles. The van der Waals surface area contributed by atoms with Gasteiger partial charge in [0.05, 0.1) is 18.7 Å². The van der Waals surface area contributed by atoms with Gasteiger partial charge in [0.25, 0.3) is 5.56 Å². The summed E-state index contributed by atoms with van der Waals surface area (Å²) in [6.45, 7) is 3.68. The number of fused-ring (bicyclic) bond motifs is 1. The molecule has 0 aliphatic carbocycles. The first kappa shape index (κ1) is 14.0. The summed E-state index contributed by atoms with van der Waals surface area (Å²) in [6, 6.07) is 7.15. The minimum atomic E-state index is -0.327. The lowest BCUT2D eigenvalue weighted by atomic mass is 10.1. The van der Waals surface area contributed by atoms with Crippen molar-refractivity contribution < 1.29 is 9.15 Å². The molecule has 1 aromatic carbocycles. The maximum Gasteiger partial charge on any atom is 0.284 e. The van der Waals surface area contributed by atoms with E-state index in [9.17, 15) is 4.79 Å². The topological polar surface area (TPSA) is 65.2 Å². The number of methoxy groups -OCH3 is 1. The molecule has 0 bridgehead atoms. The standard InChI is InChI=1S/C17H14N2O3/c1-3-4-12-9-18-10-14-15(12)16(20)19-17(22-14)11-5-7-13(21-2)8-6-11/h3,5-10H,1,4H2,2H3. The van der Waals surface area contributed by atoms with Crippen molar-refractivity contribution in [2.45, 2.75) is 6.42 Å². The maximum atomic E-state index is 12.3. The average molecular weight is 294 g/mol. The Labute approximate surface area is 126 Å². The van der Waals surface area contributed by atoms with E-state index in [-0.39, 0.29) is 11.4 Å². The molecule has 0 fully saturated rings. The Kier molecular flexibility index (Phi) is 3.70. The zero-order chi connectivity index (χ0) is 15.5. The summed E-state index contributed by atoms with van der Waals surface area (Å²) in [5.41, 5.74) is 1.56. The summed E-state index contributed by atoms with van der Waals surface area (Å²) in [4.78, 5) is 20.5. The summed E-state index contributed by atoms with van der Waals surface area (Å²) in [5.74, 6) is 0.986. The molecule has 3 rings (SSSR count). The molecule has 0 amide bonds. The molecule has 0 aliphatic rings. The molecule has 0 aliphatic heterocycles. The number of hydrogen-bond acceptors (Lipinski definition) is 5. The van der Waals surface area contributed by atoms with Crippen LogP contribution >= 0.6 is 0 Å². The first-order valence-electron chi connectivity index (χ1n) is 6.76. The lowest BCUT2D eigenvalue weighted by Crippen LogP contribution is -2.10.